The number of carbonyl (C=O) groups excluding carboxylic acids is 1. The standard InChI is InChI=1S/C16H19N3O2/c1-4-19(3)15-13(16(20)21-5-2)11-17-14(18-15)12-9-7-6-8-10-12/h6-11H,4-5H2,1-3H3. The number of rotatable bonds is 5. The van der Waals surface area contributed by atoms with Crippen LogP contribution in [-0.2, 0) is 4.74 Å². The van der Waals surface area contributed by atoms with Gasteiger partial charge < -0.3 is 9.64 Å². The van der Waals surface area contributed by atoms with Crippen molar-refractivity contribution in [3.8, 4) is 11.4 Å². The molecule has 2 rings (SSSR count). The Kier molecular flexibility index (Phi) is 4.87. The fraction of sp³-hybridized carbons (Fsp3) is 0.312. The van der Waals surface area contributed by atoms with E-state index < -0.39 is 5.97 Å². The quantitative estimate of drug-likeness (QED) is 0.791. The molecule has 1 heterocycles. The monoisotopic (exact) mass is 285 g/mol. The van der Waals surface area contributed by atoms with E-state index in [4.69, 9.17) is 4.74 Å². The zero-order valence-corrected chi connectivity index (χ0v) is 12.5. The Morgan fingerprint density at radius 3 is 2.57 bits per heavy atom. The molecular formula is C16H19N3O2. The number of nitrogens with zero attached hydrogens (tertiary/aromatic N) is 3. The number of carbonyl (C=O) groups is 1. The third-order valence-electron chi connectivity index (χ3n) is 3.13. The van der Waals surface area contributed by atoms with Gasteiger partial charge in [-0.05, 0) is 13.8 Å². The molecule has 0 aliphatic carbocycles. The first-order chi connectivity index (χ1) is 10.2. The Bertz CT molecular complexity index is 614. The molecule has 1 aromatic carbocycles. The van der Waals surface area contributed by atoms with E-state index >= 15 is 0 Å². The van der Waals surface area contributed by atoms with Gasteiger partial charge in [0, 0.05) is 25.4 Å². The lowest BCUT2D eigenvalue weighted by atomic mass is 10.2. The summed E-state index contributed by atoms with van der Waals surface area (Å²) >= 11 is 0. The molecule has 0 aliphatic heterocycles. The van der Waals surface area contributed by atoms with Gasteiger partial charge in [-0.1, -0.05) is 30.3 Å². The van der Waals surface area contributed by atoms with Crippen molar-refractivity contribution in [3.05, 3.63) is 42.1 Å². The average Bonchev–Trinajstić information content (AvgIpc) is 2.54. The highest BCUT2D eigenvalue weighted by Gasteiger charge is 2.18. The molecule has 0 unspecified atom stereocenters. The van der Waals surface area contributed by atoms with Gasteiger partial charge in [0.1, 0.15) is 11.4 Å². The van der Waals surface area contributed by atoms with Gasteiger partial charge in [-0.3, -0.25) is 0 Å². The topological polar surface area (TPSA) is 55.3 Å². The van der Waals surface area contributed by atoms with Crippen LogP contribution in [0.2, 0.25) is 0 Å². The van der Waals surface area contributed by atoms with Crippen LogP contribution in [0.15, 0.2) is 36.5 Å². The molecule has 0 aliphatic rings. The van der Waals surface area contributed by atoms with E-state index in [1.807, 2.05) is 49.2 Å². The van der Waals surface area contributed by atoms with Crippen molar-refractivity contribution in [1.82, 2.24) is 9.97 Å². The Balaban J connectivity index is 2.47. The third-order valence-corrected chi connectivity index (χ3v) is 3.13. The van der Waals surface area contributed by atoms with E-state index in [-0.39, 0.29) is 0 Å². The number of anilines is 1. The van der Waals surface area contributed by atoms with Gasteiger partial charge in [-0.2, -0.15) is 0 Å². The molecule has 5 nitrogen and oxygen atoms in total. The van der Waals surface area contributed by atoms with Crippen molar-refractivity contribution >= 4 is 11.8 Å². The predicted molar refractivity (Wildman–Crippen MR) is 82.4 cm³/mol. The van der Waals surface area contributed by atoms with Crippen LogP contribution in [0.25, 0.3) is 11.4 Å². The molecule has 1 aromatic heterocycles. The summed E-state index contributed by atoms with van der Waals surface area (Å²) in [4.78, 5) is 22.7. The van der Waals surface area contributed by atoms with Crippen molar-refractivity contribution in [1.29, 1.82) is 0 Å². The van der Waals surface area contributed by atoms with Gasteiger partial charge in [0.15, 0.2) is 5.82 Å². The van der Waals surface area contributed by atoms with Crippen LogP contribution in [-0.4, -0.2) is 36.1 Å². The molecule has 2 aromatic rings. The summed E-state index contributed by atoms with van der Waals surface area (Å²) in [6.07, 6.45) is 1.54. The Labute approximate surface area is 124 Å². The van der Waals surface area contributed by atoms with Crippen molar-refractivity contribution in [2.45, 2.75) is 13.8 Å². The first kappa shape index (κ1) is 15.0. The summed E-state index contributed by atoms with van der Waals surface area (Å²) in [5, 5.41) is 0. The minimum absolute atomic E-state index is 0.328. The molecule has 21 heavy (non-hydrogen) atoms. The second-order valence-electron chi connectivity index (χ2n) is 4.53. The van der Waals surface area contributed by atoms with Crippen molar-refractivity contribution in [2.75, 3.05) is 25.1 Å². The molecule has 0 atom stereocenters. The fourth-order valence-electron chi connectivity index (χ4n) is 1.89. The molecule has 5 heteroatoms. The van der Waals surface area contributed by atoms with Crippen molar-refractivity contribution in [3.63, 3.8) is 0 Å². The maximum absolute atomic E-state index is 12.0. The molecule has 0 saturated heterocycles. The smallest absolute Gasteiger partial charge is 0.343 e. The van der Waals surface area contributed by atoms with E-state index in [1.54, 1.807) is 6.92 Å². The molecule has 110 valence electrons. The minimum Gasteiger partial charge on any atom is -0.462 e. The van der Waals surface area contributed by atoms with Crippen LogP contribution in [0, 0.1) is 0 Å². The summed E-state index contributed by atoms with van der Waals surface area (Å²) in [5.74, 6) is 0.788. The van der Waals surface area contributed by atoms with Gasteiger partial charge in [0.2, 0.25) is 0 Å². The summed E-state index contributed by atoms with van der Waals surface area (Å²) in [5.41, 5.74) is 1.31. The number of esters is 1. The Morgan fingerprint density at radius 1 is 1.24 bits per heavy atom. The van der Waals surface area contributed by atoms with E-state index in [0.29, 0.717) is 23.8 Å². The number of hydrogen-bond donors (Lipinski definition) is 0. The number of benzene rings is 1. The average molecular weight is 285 g/mol. The van der Waals surface area contributed by atoms with Crippen molar-refractivity contribution < 1.29 is 9.53 Å². The Hall–Kier alpha value is -2.43. The first-order valence-electron chi connectivity index (χ1n) is 6.98. The first-order valence-corrected chi connectivity index (χ1v) is 6.98. The molecular weight excluding hydrogens is 266 g/mol. The minimum atomic E-state index is -0.396. The van der Waals surface area contributed by atoms with Gasteiger partial charge in [0.25, 0.3) is 0 Å². The van der Waals surface area contributed by atoms with Crippen LogP contribution in [0.5, 0.6) is 0 Å². The lowest BCUT2D eigenvalue weighted by molar-refractivity contribution is 0.0526. The zero-order valence-electron chi connectivity index (χ0n) is 12.5. The van der Waals surface area contributed by atoms with E-state index in [1.165, 1.54) is 6.20 Å². The summed E-state index contributed by atoms with van der Waals surface area (Å²) < 4.78 is 5.06. The van der Waals surface area contributed by atoms with Crippen LogP contribution < -0.4 is 4.90 Å². The predicted octanol–water partition coefficient (Wildman–Crippen LogP) is 2.78. The SMILES string of the molecule is CCOC(=O)c1cnc(-c2ccccc2)nc1N(C)CC. The fourth-order valence-corrected chi connectivity index (χ4v) is 1.89. The normalized spacial score (nSPS) is 10.2. The second kappa shape index (κ2) is 6.83. The molecule has 0 radical (unpaired) electrons. The third kappa shape index (κ3) is 3.37. The van der Waals surface area contributed by atoms with Crippen LogP contribution >= 0.6 is 0 Å². The van der Waals surface area contributed by atoms with Gasteiger partial charge in [-0.25, -0.2) is 14.8 Å². The van der Waals surface area contributed by atoms with Gasteiger partial charge >= 0.3 is 5.97 Å². The maximum atomic E-state index is 12.0. The highest BCUT2D eigenvalue weighted by atomic mass is 16.5. The molecule has 0 spiro atoms. The number of hydrogen-bond acceptors (Lipinski definition) is 5. The van der Waals surface area contributed by atoms with Gasteiger partial charge in [-0.15, -0.1) is 0 Å². The van der Waals surface area contributed by atoms with Crippen LogP contribution in [0.3, 0.4) is 0 Å². The van der Waals surface area contributed by atoms with E-state index in [0.717, 1.165) is 12.1 Å². The molecule has 0 bridgehead atoms. The van der Waals surface area contributed by atoms with Gasteiger partial charge in [0.05, 0.1) is 6.61 Å². The lowest BCUT2D eigenvalue weighted by Gasteiger charge is -2.19. The Morgan fingerprint density at radius 2 is 1.95 bits per heavy atom. The van der Waals surface area contributed by atoms with E-state index in [2.05, 4.69) is 9.97 Å². The maximum Gasteiger partial charge on any atom is 0.343 e. The van der Waals surface area contributed by atoms with Crippen LogP contribution in [0.1, 0.15) is 24.2 Å². The zero-order chi connectivity index (χ0) is 15.2. The summed E-state index contributed by atoms with van der Waals surface area (Å²) in [6.45, 7) is 4.84. The highest BCUT2D eigenvalue weighted by molar-refractivity contribution is 5.94. The largest absolute Gasteiger partial charge is 0.462 e. The highest BCUT2D eigenvalue weighted by Crippen LogP contribution is 2.22. The molecule has 0 saturated carbocycles. The van der Waals surface area contributed by atoms with Crippen molar-refractivity contribution in [2.24, 2.45) is 0 Å². The molecule has 0 amide bonds. The summed E-state index contributed by atoms with van der Waals surface area (Å²) in [6, 6.07) is 9.68. The lowest BCUT2D eigenvalue weighted by Crippen LogP contribution is -2.22. The number of aromatic nitrogens is 2. The molecule has 0 fully saturated rings. The van der Waals surface area contributed by atoms with E-state index in [9.17, 15) is 4.79 Å². The summed E-state index contributed by atoms with van der Waals surface area (Å²) in [7, 11) is 1.89. The van der Waals surface area contributed by atoms with Crippen LogP contribution in [0.4, 0.5) is 5.82 Å². The second-order valence-corrected chi connectivity index (χ2v) is 4.53. The molecule has 0 N–H and O–H groups in total. The number of ether oxygens (including phenoxy) is 1.